The molecule has 1 fully saturated rings. The zero-order valence-electron chi connectivity index (χ0n) is 23.3. The summed E-state index contributed by atoms with van der Waals surface area (Å²) in [4.78, 5) is 27.1. The summed E-state index contributed by atoms with van der Waals surface area (Å²) in [5.74, 6) is -0.767. The van der Waals surface area contributed by atoms with E-state index >= 15 is 4.39 Å². The standard InChI is InChI=1S/C27H29ClFN3O4.C2H6.C2H2/c1-3-20(17-5-6-18-13-35-14-19(18)11-17)16(2)30-12-23(33)32-10-4-9-27(15-32)24-22(31-26(34)36-27)8-7-21(28)25(24)29;2*1-2/h5-8,11,20,30H,2-4,9-10,12-15H2,1H3,(H,31,34);1-2H3;1-2H/t20?,27-;;/m0../s1. The molecule has 0 radical (unpaired) electrons. The molecular formula is C31H37ClFN3O4. The van der Waals surface area contributed by atoms with E-state index in [9.17, 15) is 9.59 Å². The Hall–Kier alpha value is -3.54. The molecule has 40 heavy (non-hydrogen) atoms. The van der Waals surface area contributed by atoms with Gasteiger partial charge >= 0.3 is 6.09 Å². The molecular weight excluding hydrogens is 533 g/mol. The molecule has 3 heterocycles. The SMILES string of the molecule is C#C.C=C(NCC(=O)N1CCC[C@@]2(C1)OC(=O)Nc1ccc(Cl)c(F)c12)C(CC)c1ccc2c(c1)COC2.CC. The Morgan fingerprint density at radius 3 is 2.70 bits per heavy atom. The van der Waals surface area contributed by atoms with Crippen molar-refractivity contribution in [3.63, 3.8) is 0 Å². The largest absolute Gasteiger partial charge is 0.436 e. The Labute approximate surface area is 241 Å². The number of fused-ring (bicyclic) bond motifs is 3. The predicted molar refractivity (Wildman–Crippen MR) is 155 cm³/mol. The van der Waals surface area contributed by atoms with E-state index in [0.29, 0.717) is 38.3 Å². The van der Waals surface area contributed by atoms with Crippen LogP contribution in [-0.2, 0) is 33.1 Å². The maximum Gasteiger partial charge on any atom is 0.412 e. The molecule has 2 atom stereocenters. The first-order valence-corrected chi connectivity index (χ1v) is 13.9. The van der Waals surface area contributed by atoms with E-state index in [1.165, 1.54) is 17.2 Å². The number of terminal acetylenes is 1. The van der Waals surface area contributed by atoms with Gasteiger partial charge in [0.1, 0.15) is 0 Å². The van der Waals surface area contributed by atoms with Crippen molar-refractivity contribution in [3.05, 3.63) is 75.7 Å². The van der Waals surface area contributed by atoms with Crippen molar-refractivity contribution in [3.8, 4) is 12.8 Å². The first-order valence-electron chi connectivity index (χ1n) is 13.5. The van der Waals surface area contributed by atoms with Crippen LogP contribution in [0.2, 0.25) is 5.02 Å². The summed E-state index contributed by atoms with van der Waals surface area (Å²) in [6.45, 7) is 12.1. The molecule has 0 aliphatic carbocycles. The lowest BCUT2D eigenvalue weighted by Crippen LogP contribution is -2.54. The number of nitrogens with one attached hydrogen (secondary N) is 2. The van der Waals surface area contributed by atoms with Crippen LogP contribution < -0.4 is 10.6 Å². The number of allylic oxidation sites excluding steroid dienone is 1. The number of halogens is 2. The second kappa shape index (κ2) is 13.7. The molecule has 1 spiro atoms. The van der Waals surface area contributed by atoms with Gasteiger partial charge in [0.15, 0.2) is 11.4 Å². The zero-order chi connectivity index (χ0) is 29.4. The van der Waals surface area contributed by atoms with Gasteiger partial charge in [0.05, 0.1) is 42.6 Å². The molecule has 214 valence electrons. The number of anilines is 1. The number of carbonyl (C=O) groups excluding carboxylic acids is 2. The van der Waals surface area contributed by atoms with Crippen molar-refractivity contribution in [2.75, 3.05) is 25.0 Å². The number of hydrogen-bond donors (Lipinski definition) is 2. The van der Waals surface area contributed by atoms with E-state index in [1.54, 1.807) is 11.0 Å². The topological polar surface area (TPSA) is 79.9 Å². The number of ether oxygens (including phenoxy) is 2. The lowest BCUT2D eigenvalue weighted by molar-refractivity contribution is -0.138. The van der Waals surface area contributed by atoms with Gasteiger partial charge in [0.2, 0.25) is 5.91 Å². The van der Waals surface area contributed by atoms with Crippen molar-refractivity contribution in [1.29, 1.82) is 0 Å². The number of nitrogens with zero attached hydrogens (tertiary/aromatic N) is 1. The fourth-order valence-corrected chi connectivity index (χ4v) is 5.66. The second-order valence-corrected chi connectivity index (χ2v) is 9.98. The minimum atomic E-state index is -1.28. The maximum atomic E-state index is 15.1. The minimum absolute atomic E-state index is 0.0382. The van der Waals surface area contributed by atoms with Gasteiger partial charge in [-0.2, -0.15) is 0 Å². The van der Waals surface area contributed by atoms with Crippen LogP contribution in [0.5, 0.6) is 0 Å². The van der Waals surface area contributed by atoms with Crippen LogP contribution in [0.15, 0.2) is 42.6 Å². The van der Waals surface area contributed by atoms with Gasteiger partial charge in [-0.05, 0) is 48.1 Å². The number of likely N-dealkylation sites (tertiary alicyclic amines) is 1. The molecule has 9 heteroatoms. The Morgan fingerprint density at radius 2 is 1.98 bits per heavy atom. The Kier molecular flexibility index (Phi) is 10.6. The van der Waals surface area contributed by atoms with Crippen LogP contribution in [0.3, 0.4) is 0 Å². The maximum absolute atomic E-state index is 15.1. The molecule has 0 saturated carbocycles. The Bertz CT molecular complexity index is 1280. The van der Waals surface area contributed by atoms with Crippen LogP contribution >= 0.6 is 11.6 Å². The van der Waals surface area contributed by atoms with Crippen molar-refractivity contribution < 1.29 is 23.5 Å². The van der Waals surface area contributed by atoms with E-state index < -0.39 is 17.5 Å². The lowest BCUT2D eigenvalue weighted by Gasteiger charge is -2.45. The van der Waals surface area contributed by atoms with Gasteiger partial charge in [-0.3, -0.25) is 10.1 Å². The van der Waals surface area contributed by atoms with Crippen LogP contribution in [0.25, 0.3) is 0 Å². The highest BCUT2D eigenvalue weighted by atomic mass is 35.5. The number of carbonyl (C=O) groups is 2. The molecule has 2 aromatic rings. The number of hydrogen-bond acceptors (Lipinski definition) is 5. The lowest BCUT2D eigenvalue weighted by atomic mass is 9.83. The number of benzene rings is 2. The first-order chi connectivity index (χ1) is 19.3. The number of amides is 2. The van der Waals surface area contributed by atoms with Gasteiger partial charge in [-0.25, -0.2) is 9.18 Å². The quantitative estimate of drug-likeness (QED) is 0.390. The summed E-state index contributed by atoms with van der Waals surface area (Å²) in [6.07, 6.45) is 9.11. The molecule has 2 aromatic carbocycles. The highest BCUT2D eigenvalue weighted by Crippen LogP contribution is 2.45. The molecule has 0 aromatic heterocycles. The number of rotatable bonds is 6. The normalized spacial score (nSPS) is 19.4. The third-order valence-electron chi connectivity index (χ3n) is 7.33. The molecule has 0 bridgehead atoms. The van der Waals surface area contributed by atoms with Crippen LogP contribution in [0.4, 0.5) is 14.9 Å². The van der Waals surface area contributed by atoms with E-state index in [0.717, 1.165) is 17.7 Å². The fourth-order valence-electron chi connectivity index (χ4n) is 5.50. The van der Waals surface area contributed by atoms with E-state index in [4.69, 9.17) is 21.1 Å². The Balaban J connectivity index is 0.00000106. The summed E-state index contributed by atoms with van der Waals surface area (Å²) in [6, 6.07) is 9.30. The molecule has 2 N–H and O–H groups in total. The average molecular weight is 570 g/mol. The molecule has 5 rings (SSSR count). The van der Waals surface area contributed by atoms with Gasteiger partial charge < -0.3 is 19.7 Å². The van der Waals surface area contributed by atoms with Crippen LogP contribution in [-0.4, -0.2) is 36.5 Å². The fraction of sp³-hybridized carbons (Fsp3) is 0.419. The zero-order valence-corrected chi connectivity index (χ0v) is 24.1. The van der Waals surface area contributed by atoms with Gasteiger partial charge in [-0.15, -0.1) is 12.8 Å². The summed E-state index contributed by atoms with van der Waals surface area (Å²) in [5.41, 5.74) is 3.52. The van der Waals surface area contributed by atoms with Gasteiger partial charge in [0, 0.05) is 18.2 Å². The van der Waals surface area contributed by atoms with Crippen molar-refractivity contribution >= 4 is 29.3 Å². The summed E-state index contributed by atoms with van der Waals surface area (Å²) < 4.78 is 26.3. The predicted octanol–water partition coefficient (Wildman–Crippen LogP) is 6.46. The van der Waals surface area contributed by atoms with E-state index in [-0.39, 0.29) is 35.5 Å². The van der Waals surface area contributed by atoms with E-state index in [2.05, 4.69) is 55.2 Å². The molecule has 1 unspecified atom stereocenters. The Morgan fingerprint density at radius 1 is 1.25 bits per heavy atom. The molecule has 3 aliphatic rings. The van der Waals surface area contributed by atoms with Crippen LogP contribution in [0, 0.1) is 18.7 Å². The van der Waals surface area contributed by atoms with E-state index in [1.807, 2.05) is 13.8 Å². The van der Waals surface area contributed by atoms with Crippen molar-refractivity contribution in [2.24, 2.45) is 0 Å². The third-order valence-corrected chi connectivity index (χ3v) is 7.62. The monoisotopic (exact) mass is 569 g/mol. The summed E-state index contributed by atoms with van der Waals surface area (Å²) in [5, 5.41) is 5.69. The summed E-state index contributed by atoms with van der Waals surface area (Å²) >= 11 is 6.04. The highest BCUT2D eigenvalue weighted by Gasteiger charge is 2.48. The first kappa shape index (κ1) is 31.0. The van der Waals surface area contributed by atoms with Gasteiger partial charge in [0.25, 0.3) is 0 Å². The van der Waals surface area contributed by atoms with Crippen molar-refractivity contribution in [1.82, 2.24) is 10.2 Å². The minimum Gasteiger partial charge on any atom is -0.436 e. The van der Waals surface area contributed by atoms with Crippen molar-refractivity contribution in [2.45, 2.75) is 64.8 Å². The molecule has 7 nitrogen and oxygen atoms in total. The average Bonchev–Trinajstić information content (AvgIpc) is 3.44. The molecule has 3 aliphatic heterocycles. The smallest absolute Gasteiger partial charge is 0.412 e. The third kappa shape index (κ3) is 6.27. The highest BCUT2D eigenvalue weighted by molar-refractivity contribution is 6.31. The van der Waals surface area contributed by atoms with Crippen LogP contribution in [0.1, 0.15) is 68.2 Å². The second-order valence-electron chi connectivity index (χ2n) is 9.57. The number of piperidine rings is 1. The molecule has 1 saturated heterocycles. The molecule has 2 amide bonds. The van der Waals surface area contributed by atoms with Gasteiger partial charge in [-0.1, -0.05) is 57.2 Å². The summed E-state index contributed by atoms with van der Waals surface area (Å²) in [7, 11) is 0.